The number of nitrogens with zero attached hydrogens (tertiary/aromatic N) is 2. The van der Waals surface area contributed by atoms with E-state index in [0.717, 1.165) is 0 Å². The lowest BCUT2D eigenvalue weighted by Crippen LogP contribution is -2.31. The van der Waals surface area contributed by atoms with Gasteiger partial charge in [-0.1, -0.05) is 28.1 Å². The Morgan fingerprint density at radius 3 is 2.75 bits per heavy atom. The second-order valence-electron chi connectivity index (χ2n) is 5.08. The van der Waals surface area contributed by atoms with Gasteiger partial charge in [0.25, 0.3) is 11.5 Å². The molecule has 0 saturated heterocycles. The summed E-state index contributed by atoms with van der Waals surface area (Å²) in [5, 5.41) is 2.40. The van der Waals surface area contributed by atoms with Crippen molar-refractivity contribution in [2.75, 3.05) is 5.32 Å². The Bertz CT molecular complexity index is 1000. The van der Waals surface area contributed by atoms with Crippen molar-refractivity contribution in [3.8, 4) is 0 Å². The number of aryl methyl sites for hydroxylation is 1. The van der Waals surface area contributed by atoms with Crippen LogP contribution in [0.5, 0.6) is 0 Å². The van der Waals surface area contributed by atoms with Crippen molar-refractivity contribution in [2.24, 2.45) is 0 Å². The molecule has 0 unspecified atom stereocenters. The summed E-state index contributed by atoms with van der Waals surface area (Å²) in [5.41, 5.74) is 0.390. The lowest BCUT2D eigenvalue weighted by Gasteiger charge is -2.11. The zero-order chi connectivity index (χ0) is 17.3. The fraction of sp³-hybridized carbons (Fsp3) is 0.118. The number of fused-ring (bicyclic) bond motifs is 1. The van der Waals surface area contributed by atoms with Crippen LogP contribution in [-0.4, -0.2) is 15.5 Å². The number of nitrogens with one attached hydrogen (secondary N) is 1. The van der Waals surface area contributed by atoms with Gasteiger partial charge in [-0.25, -0.2) is 9.37 Å². The van der Waals surface area contributed by atoms with Crippen LogP contribution in [0.3, 0.4) is 0 Å². The number of carbonyl (C=O) groups excluding carboxylic acids is 1. The van der Waals surface area contributed by atoms with Crippen LogP contribution in [0.1, 0.15) is 17.4 Å². The van der Waals surface area contributed by atoms with Crippen molar-refractivity contribution in [3.63, 3.8) is 0 Å². The largest absolute Gasteiger partial charge is 0.318 e. The summed E-state index contributed by atoms with van der Waals surface area (Å²) in [5.74, 6) is -1.34. The molecule has 7 heteroatoms. The zero-order valence-electron chi connectivity index (χ0n) is 12.7. The number of benzene rings is 2. The summed E-state index contributed by atoms with van der Waals surface area (Å²) < 4.78 is 15.9. The summed E-state index contributed by atoms with van der Waals surface area (Å²) in [4.78, 5) is 29.1. The average molecular weight is 390 g/mol. The highest BCUT2D eigenvalue weighted by Crippen LogP contribution is 2.20. The predicted molar refractivity (Wildman–Crippen MR) is 93.7 cm³/mol. The number of halogens is 2. The Morgan fingerprint density at radius 2 is 2.04 bits per heavy atom. The first-order valence-electron chi connectivity index (χ1n) is 7.27. The molecular formula is C17H13BrFN3O2. The SMILES string of the molecule is CCn1c(=O)c(C(=O)Nc2ccc(Br)cc2F)nc2ccccc21. The second-order valence-corrected chi connectivity index (χ2v) is 5.99. The lowest BCUT2D eigenvalue weighted by atomic mass is 10.2. The molecule has 1 aromatic heterocycles. The first-order valence-corrected chi connectivity index (χ1v) is 8.06. The van der Waals surface area contributed by atoms with E-state index in [4.69, 9.17) is 0 Å². The fourth-order valence-electron chi connectivity index (χ4n) is 2.43. The van der Waals surface area contributed by atoms with E-state index in [0.29, 0.717) is 22.1 Å². The molecule has 5 nitrogen and oxygen atoms in total. The Morgan fingerprint density at radius 1 is 1.29 bits per heavy atom. The minimum atomic E-state index is -0.742. The third-order valence-electron chi connectivity index (χ3n) is 3.56. The van der Waals surface area contributed by atoms with Crippen LogP contribution in [0, 0.1) is 5.82 Å². The topological polar surface area (TPSA) is 64.0 Å². The molecule has 0 atom stereocenters. The predicted octanol–water partition coefficient (Wildman–Crippen LogP) is 3.57. The molecule has 0 saturated carbocycles. The van der Waals surface area contributed by atoms with E-state index in [1.807, 2.05) is 6.92 Å². The molecular weight excluding hydrogens is 377 g/mol. The molecule has 2 aromatic carbocycles. The lowest BCUT2D eigenvalue weighted by molar-refractivity contribution is 0.102. The number of hydrogen-bond acceptors (Lipinski definition) is 3. The van der Waals surface area contributed by atoms with Crippen LogP contribution in [0.4, 0.5) is 10.1 Å². The molecule has 0 radical (unpaired) electrons. The molecule has 1 amide bonds. The summed E-state index contributed by atoms with van der Waals surface area (Å²) in [6, 6.07) is 11.3. The van der Waals surface area contributed by atoms with Gasteiger partial charge in [0.2, 0.25) is 0 Å². The van der Waals surface area contributed by atoms with E-state index in [1.54, 1.807) is 30.3 Å². The highest BCUT2D eigenvalue weighted by molar-refractivity contribution is 9.10. The molecule has 1 heterocycles. The summed E-state index contributed by atoms with van der Waals surface area (Å²) >= 11 is 3.15. The quantitative estimate of drug-likeness (QED) is 0.744. The molecule has 0 fully saturated rings. The Balaban J connectivity index is 2.07. The minimum absolute atomic E-state index is 0.0133. The van der Waals surface area contributed by atoms with Gasteiger partial charge < -0.3 is 9.88 Å². The summed E-state index contributed by atoms with van der Waals surface area (Å²) in [7, 11) is 0. The third kappa shape index (κ3) is 2.94. The van der Waals surface area contributed by atoms with E-state index in [1.165, 1.54) is 16.7 Å². The smallest absolute Gasteiger partial charge is 0.282 e. The van der Waals surface area contributed by atoms with Gasteiger partial charge in [0, 0.05) is 11.0 Å². The van der Waals surface area contributed by atoms with E-state index < -0.39 is 17.3 Å². The van der Waals surface area contributed by atoms with Gasteiger partial charge in [0.1, 0.15) is 5.82 Å². The van der Waals surface area contributed by atoms with E-state index >= 15 is 0 Å². The molecule has 122 valence electrons. The number of hydrogen-bond donors (Lipinski definition) is 1. The highest BCUT2D eigenvalue weighted by atomic mass is 79.9. The first kappa shape index (κ1) is 16.3. The third-order valence-corrected chi connectivity index (χ3v) is 4.06. The molecule has 0 aliphatic rings. The number of carbonyl (C=O) groups is 1. The van der Waals surface area contributed by atoms with Crippen LogP contribution >= 0.6 is 15.9 Å². The molecule has 1 N–H and O–H groups in total. The molecule has 0 aliphatic heterocycles. The van der Waals surface area contributed by atoms with Crippen molar-refractivity contribution in [1.29, 1.82) is 0 Å². The molecule has 24 heavy (non-hydrogen) atoms. The van der Waals surface area contributed by atoms with Crippen LogP contribution in [-0.2, 0) is 6.54 Å². The normalized spacial score (nSPS) is 10.8. The Hall–Kier alpha value is -2.54. The number of aromatic nitrogens is 2. The van der Waals surface area contributed by atoms with Gasteiger partial charge in [-0.15, -0.1) is 0 Å². The maximum absolute atomic E-state index is 13.9. The summed E-state index contributed by atoms with van der Waals surface area (Å²) in [6.45, 7) is 2.21. The van der Waals surface area contributed by atoms with Gasteiger partial charge in [0.15, 0.2) is 5.69 Å². The van der Waals surface area contributed by atoms with Gasteiger partial charge in [-0.2, -0.15) is 0 Å². The molecule has 0 spiro atoms. The van der Waals surface area contributed by atoms with E-state index in [-0.39, 0.29) is 11.4 Å². The van der Waals surface area contributed by atoms with Crippen molar-refractivity contribution in [1.82, 2.24) is 9.55 Å². The number of para-hydroxylation sites is 2. The monoisotopic (exact) mass is 389 g/mol. The number of amides is 1. The van der Waals surface area contributed by atoms with Gasteiger partial charge in [-0.3, -0.25) is 9.59 Å². The van der Waals surface area contributed by atoms with Crippen LogP contribution in [0.15, 0.2) is 51.7 Å². The minimum Gasteiger partial charge on any atom is -0.318 e. The van der Waals surface area contributed by atoms with Crippen LogP contribution in [0.25, 0.3) is 11.0 Å². The number of rotatable bonds is 3. The molecule has 3 rings (SSSR count). The highest BCUT2D eigenvalue weighted by Gasteiger charge is 2.18. The van der Waals surface area contributed by atoms with Gasteiger partial charge >= 0.3 is 0 Å². The maximum atomic E-state index is 13.9. The Labute approximate surface area is 145 Å². The zero-order valence-corrected chi connectivity index (χ0v) is 14.3. The standard InChI is InChI=1S/C17H13BrFN3O2/c1-2-22-14-6-4-3-5-13(14)20-15(17(22)24)16(23)21-12-8-7-10(18)9-11(12)19/h3-9H,2H2,1H3,(H,21,23). The second kappa shape index (κ2) is 6.52. The summed E-state index contributed by atoms with van der Waals surface area (Å²) in [6.07, 6.45) is 0. The molecule has 0 aliphatic carbocycles. The van der Waals surface area contributed by atoms with Crippen molar-refractivity contribution < 1.29 is 9.18 Å². The van der Waals surface area contributed by atoms with Crippen LogP contribution < -0.4 is 10.9 Å². The van der Waals surface area contributed by atoms with Crippen molar-refractivity contribution >= 4 is 38.6 Å². The average Bonchev–Trinajstić information content (AvgIpc) is 2.57. The van der Waals surface area contributed by atoms with E-state index in [9.17, 15) is 14.0 Å². The van der Waals surface area contributed by atoms with E-state index in [2.05, 4.69) is 26.2 Å². The number of anilines is 1. The first-order chi connectivity index (χ1) is 11.5. The van der Waals surface area contributed by atoms with Gasteiger partial charge in [-0.05, 0) is 37.3 Å². The molecule has 3 aromatic rings. The molecule has 0 bridgehead atoms. The van der Waals surface area contributed by atoms with Crippen LogP contribution in [0.2, 0.25) is 0 Å². The van der Waals surface area contributed by atoms with Crippen molar-refractivity contribution in [2.45, 2.75) is 13.5 Å². The Kier molecular flexibility index (Phi) is 4.44. The fourth-order valence-corrected chi connectivity index (χ4v) is 2.76. The maximum Gasteiger partial charge on any atom is 0.282 e. The van der Waals surface area contributed by atoms with Crippen molar-refractivity contribution in [3.05, 3.63) is 68.8 Å². The van der Waals surface area contributed by atoms with Gasteiger partial charge in [0.05, 0.1) is 16.7 Å².